The first kappa shape index (κ1) is 12.4. The van der Waals surface area contributed by atoms with Crippen LogP contribution in [-0.4, -0.2) is 31.2 Å². The van der Waals surface area contributed by atoms with Crippen LogP contribution in [0.15, 0.2) is 0 Å². The van der Waals surface area contributed by atoms with Gasteiger partial charge in [-0.05, 0) is 20.3 Å². The topological polar surface area (TPSA) is 64.3 Å². The highest BCUT2D eigenvalue weighted by molar-refractivity contribution is 5.84. The highest BCUT2D eigenvalue weighted by Crippen LogP contribution is 2.07. The number of hydrogen-bond acceptors (Lipinski definition) is 3. The summed E-state index contributed by atoms with van der Waals surface area (Å²) in [5.74, 6) is -0.118. The van der Waals surface area contributed by atoms with Crippen molar-refractivity contribution in [2.75, 3.05) is 13.7 Å². The maximum absolute atomic E-state index is 11.5. The maximum Gasteiger partial charge on any atom is 0.251 e. The summed E-state index contributed by atoms with van der Waals surface area (Å²) >= 11 is 0. The molecule has 0 aromatic carbocycles. The molecular weight excluding hydrogens is 168 g/mol. The summed E-state index contributed by atoms with van der Waals surface area (Å²) in [6.07, 6.45) is 0.835. The van der Waals surface area contributed by atoms with E-state index >= 15 is 0 Å². The van der Waals surface area contributed by atoms with Crippen molar-refractivity contribution in [2.24, 2.45) is 5.73 Å². The van der Waals surface area contributed by atoms with E-state index in [1.165, 1.54) is 7.11 Å². The standard InChI is InChI=1S/C9H20N2O2/c1-5-7(6-10)11-8(12)9(2,3)13-4/h7H,5-6,10H2,1-4H3,(H,11,12). The number of amides is 1. The zero-order valence-electron chi connectivity index (χ0n) is 8.89. The molecule has 1 unspecified atom stereocenters. The second-order valence-electron chi connectivity index (χ2n) is 3.53. The molecule has 13 heavy (non-hydrogen) atoms. The van der Waals surface area contributed by atoms with Crippen LogP contribution in [-0.2, 0) is 9.53 Å². The molecule has 0 rings (SSSR count). The number of nitrogens with one attached hydrogen (secondary N) is 1. The van der Waals surface area contributed by atoms with Crippen molar-refractivity contribution in [3.8, 4) is 0 Å². The van der Waals surface area contributed by atoms with E-state index in [9.17, 15) is 4.79 Å². The van der Waals surface area contributed by atoms with Gasteiger partial charge in [0.05, 0.1) is 0 Å². The van der Waals surface area contributed by atoms with E-state index in [0.717, 1.165) is 6.42 Å². The largest absolute Gasteiger partial charge is 0.369 e. The van der Waals surface area contributed by atoms with E-state index in [1.807, 2.05) is 6.92 Å². The van der Waals surface area contributed by atoms with Crippen molar-refractivity contribution in [2.45, 2.75) is 38.8 Å². The van der Waals surface area contributed by atoms with Gasteiger partial charge in [-0.15, -0.1) is 0 Å². The molecule has 0 heterocycles. The number of ether oxygens (including phenoxy) is 1. The van der Waals surface area contributed by atoms with E-state index < -0.39 is 5.60 Å². The van der Waals surface area contributed by atoms with E-state index in [2.05, 4.69) is 5.32 Å². The molecule has 0 aliphatic heterocycles. The quantitative estimate of drug-likeness (QED) is 0.650. The zero-order valence-corrected chi connectivity index (χ0v) is 8.89. The van der Waals surface area contributed by atoms with Crippen molar-refractivity contribution in [1.82, 2.24) is 5.32 Å². The maximum atomic E-state index is 11.5. The Morgan fingerprint density at radius 2 is 2.15 bits per heavy atom. The van der Waals surface area contributed by atoms with Crippen LogP contribution in [0.3, 0.4) is 0 Å². The molecule has 4 heteroatoms. The minimum absolute atomic E-state index is 0.0434. The van der Waals surface area contributed by atoms with Crippen LogP contribution in [0.25, 0.3) is 0 Å². The predicted molar refractivity (Wildman–Crippen MR) is 52.4 cm³/mol. The molecule has 4 nitrogen and oxygen atoms in total. The average molecular weight is 188 g/mol. The number of nitrogens with two attached hydrogens (primary N) is 1. The summed E-state index contributed by atoms with van der Waals surface area (Å²) in [6, 6.07) is 0.0434. The predicted octanol–water partition coefficient (Wildman–Crippen LogP) is 0.265. The second-order valence-corrected chi connectivity index (χ2v) is 3.53. The van der Waals surface area contributed by atoms with Gasteiger partial charge in [-0.1, -0.05) is 6.92 Å². The third-order valence-corrected chi connectivity index (χ3v) is 2.17. The van der Waals surface area contributed by atoms with Gasteiger partial charge in [0, 0.05) is 19.7 Å². The lowest BCUT2D eigenvalue weighted by Crippen LogP contribution is -2.49. The van der Waals surface area contributed by atoms with Gasteiger partial charge in [0.1, 0.15) is 5.60 Å². The highest BCUT2D eigenvalue weighted by atomic mass is 16.5. The molecule has 0 bridgehead atoms. The summed E-state index contributed by atoms with van der Waals surface area (Å²) in [4.78, 5) is 11.5. The fraction of sp³-hybridized carbons (Fsp3) is 0.889. The van der Waals surface area contributed by atoms with Gasteiger partial charge >= 0.3 is 0 Å². The van der Waals surface area contributed by atoms with Gasteiger partial charge < -0.3 is 15.8 Å². The summed E-state index contributed by atoms with van der Waals surface area (Å²) in [6.45, 7) is 5.90. The molecule has 0 spiro atoms. The molecule has 78 valence electrons. The molecule has 0 fully saturated rings. The van der Waals surface area contributed by atoms with Crippen molar-refractivity contribution in [3.63, 3.8) is 0 Å². The van der Waals surface area contributed by atoms with Gasteiger partial charge in [-0.2, -0.15) is 0 Å². The lowest BCUT2D eigenvalue weighted by atomic mass is 10.1. The minimum Gasteiger partial charge on any atom is -0.369 e. The van der Waals surface area contributed by atoms with Gasteiger partial charge in [0.15, 0.2) is 0 Å². The number of rotatable bonds is 5. The second kappa shape index (κ2) is 5.19. The molecule has 3 N–H and O–H groups in total. The van der Waals surface area contributed by atoms with Crippen LogP contribution < -0.4 is 11.1 Å². The van der Waals surface area contributed by atoms with Gasteiger partial charge in [-0.3, -0.25) is 4.79 Å². The fourth-order valence-electron chi connectivity index (χ4n) is 0.780. The lowest BCUT2D eigenvalue weighted by Gasteiger charge is -2.25. The molecule has 0 aliphatic carbocycles. The van der Waals surface area contributed by atoms with Crippen molar-refractivity contribution < 1.29 is 9.53 Å². The first-order chi connectivity index (χ1) is 5.97. The molecule has 0 aromatic heterocycles. The molecule has 1 atom stereocenters. The van der Waals surface area contributed by atoms with E-state index in [-0.39, 0.29) is 11.9 Å². The SMILES string of the molecule is CCC(CN)NC(=O)C(C)(C)OC. The molecule has 0 radical (unpaired) electrons. The number of hydrogen-bond donors (Lipinski definition) is 2. The lowest BCUT2D eigenvalue weighted by molar-refractivity contribution is -0.140. The first-order valence-electron chi connectivity index (χ1n) is 4.54. The van der Waals surface area contributed by atoms with Gasteiger partial charge in [0.2, 0.25) is 0 Å². The van der Waals surface area contributed by atoms with Crippen LogP contribution in [0, 0.1) is 0 Å². The van der Waals surface area contributed by atoms with Crippen LogP contribution in [0.1, 0.15) is 27.2 Å². The Morgan fingerprint density at radius 3 is 2.46 bits per heavy atom. The van der Waals surface area contributed by atoms with E-state index in [1.54, 1.807) is 13.8 Å². The smallest absolute Gasteiger partial charge is 0.251 e. The van der Waals surface area contributed by atoms with Gasteiger partial charge in [-0.25, -0.2) is 0 Å². The summed E-state index contributed by atoms with van der Waals surface area (Å²) in [5, 5.41) is 2.82. The van der Waals surface area contributed by atoms with Gasteiger partial charge in [0.25, 0.3) is 5.91 Å². The Bertz CT molecular complexity index is 165. The van der Waals surface area contributed by atoms with Crippen molar-refractivity contribution in [1.29, 1.82) is 0 Å². The highest BCUT2D eigenvalue weighted by Gasteiger charge is 2.27. The number of carbonyl (C=O) groups is 1. The number of methoxy groups -OCH3 is 1. The Kier molecular flexibility index (Phi) is 4.95. The Balaban J connectivity index is 4.13. The van der Waals surface area contributed by atoms with E-state index in [4.69, 9.17) is 10.5 Å². The van der Waals surface area contributed by atoms with E-state index in [0.29, 0.717) is 6.54 Å². The molecule has 0 aliphatic rings. The first-order valence-corrected chi connectivity index (χ1v) is 4.54. The van der Waals surface area contributed by atoms with Crippen molar-refractivity contribution >= 4 is 5.91 Å². The molecular formula is C9H20N2O2. The van der Waals surface area contributed by atoms with Crippen LogP contribution in [0.4, 0.5) is 0 Å². The molecule has 0 aromatic rings. The molecule has 0 saturated carbocycles. The summed E-state index contributed by atoms with van der Waals surface area (Å²) < 4.78 is 5.04. The Labute approximate surface area is 79.8 Å². The third kappa shape index (κ3) is 3.74. The minimum atomic E-state index is -0.775. The summed E-state index contributed by atoms with van der Waals surface area (Å²) in [7, 11) is 1.52. The Morgan fingerprint density at radius 1 is 1.62 bits per heavy atom. The zero-order chi connectivity index (χ0) is 10.5. The normalized spacial score (nSPS) is 13.9. The monoisotopic (exact) mass is 188 g/mol. The third-order valence-electron chi connectivity index (χ3n) is 2.17. The molecule has 0 saturated heterocycles. The molecule has 1 amide bonds. The fourth-order valence-corrected chi connectivity index (χ4v) is 0.780. The number of carbonyl (C=O) groups excluding carboxylic acids is 1. The van der Waals surface area contributed by atoms with Crippen LogP contribution in [0.2, 0.25) is 0 Å². The Hall–Kier alpha value is -0.610. The average Bonchev–Trinajstić information content (AvgIpc) is 2.13. The van der Waals surface area contributed by atoms with Crippen LogP contribution >= 0.6 is 0 Å². The van der Waals surface area contributed by atoms with Crippen molar-refractivity contribution in [3.05, 3.63) is 0 Å². The van der Waals surface area contributed by atoms with Crippen LogP contribution in [0.5, 0.6) is 0 Å². The summed E-state index contributed by atoms with van der Waals surface area (Å²) in [5.41, 5.74) is 4.69.